The molecule has 0 fully saturated rings. The molecule has 0 spiro atoms. The van der Waals surface area contributed by atoms with E-state index in [2.05, 4.69) is 5.10 Å². The Bertz CT molecular complexity index is 586. The summed E-state index contributed by atoms with van der Waals surface area (Å²) in [5, 5.41) is 4.25. The molecule has 1 aromatic carbocycles. The van der Waals surface area contributed by atoms with Gasteiger partial charge in [-0.05, 0) is 24.5 Å². The standard InChI is InChI=1S/C11H7ClF4N2S/c1-19-9-2-3-18(17-9)10-7(12)4-6(5-8(10)13)11(14,15)16/h2-5H,1H3. The van der Waals surface area contributed by atoms with Gasteiger partial charge < -0.3 is 0 Å². The molecule has 0 amide bonds. The summed E-state index contributed by atoms with van der Waals surface area (Å²) in [6.07, 6.45) is -1.43. The largest absolute Gasteiger partial charge is 0.416 e. The van der Waals surface area contributed by atoms with Gasteiger partial charge in [-0.15, -0.1) is 11.8 Å². The molecule has 19 heavy (non-hydrogen) atoms. The molecule has 0 N–H and O–H groups in total. The number of alkyl halides is 3. The Balaban J connectivity index is 2.53. The second kappa shape index (κ2) is 5.05. The van der Waals surface area contributed by atoms with Crippen molar-refractivity contribution in [2.45, 2.75) is 11.2 Å². The van der Waals surface area contributed by atoms with Crippen LogP contribution in [0.1, 0.15) is 5.56 Å². The van der Waals surface area contributed by atoms with Crippen molar-refractivity contribution in [1.29, 1.82) is 0 Å². The Hall–Kier alpha value is -1.21. The van der Waals surface area contributed by atoms with E-state index in [-0.39, 0.29) is 10.7 Å². The molecule has 0 bridgehead atoms. The highest BCUT2D eigenvalue weighted by Gasteiger charge is 2.32. The first-order valence-electron chi connectivity index (χ1n) is 4.99. The van der Waals surface area contributed by atoms with E-state index in [9.17, 15) is 17.6 Å². The SMILES string of the molecule is CSc1ccn(-c2c(F)cc(C(F)(F)F)cc2Cl)n1. The number of hydrogen-bond donors (Lipinski definition) is 0. The topological polar surface area (TPSA) is 17.8 Å². The second-order valence-electron chi connectivity index (χ2n) is 3.59. The molecule has 8 heteroatoms. The van der Waals surface area contributed by atoms with Crippen molar-refractivity contribution in [3.63, 3.8) is 0 Å². The molecular weight excluding hydrogens is 304 g/mol. The zero-order valence-electron chi connectivity index (χ0n) is 9.50. The lowest BCUT2D eigenvalue weighted by atomic mass is 10.2. The molecule has 0 aliphatic carbocycles. The minimum absolute atomic E-state index is 0.199. The molecule has 0 aliphatic heterocycles. The number of benzene rings is 1. The number of nitrogens with zero attached hydrogens (tertiary/aromatic N) is 2. The Kier molecular flexibility index (Phi) is 3.78. The van der Waals surface area contributed by atoms with Gasteiger partial charge >= 0.3 is 6.18 Å². The summed E-state index contributed by atoms with van der Waals surface area (Å²) in [5.74, 6) is -1.07. The van der Waals surface area contributed by atoms with E-state index < -0.39 is 17.6 Å². The van der Waals surface area contributed by atoms with Crippen molar-refractivity contribution in [1.82, 2.24) is 9.78 Å². The first kappa shape index (κ1) is 14.2. The number of aromatic nitrogens is 2. The molecule has 0 saturated heterocycles. The van der Waals surface area contributed by atoms with Gasteiger partial charge in [0.25, 0.3) is 0 Å². The van der Waals surface area contributed by atoms with Gasteiger partial charge in [0, 0.05) is 6.20 Å². The van der Waals surface area contributed by atoms with Crippen molar-refractivity contribution in [2.75, 3.05) is 6.26 Å². The number of thioether (sulfide) groups is 1. The summed E-state index contributed by atoms with van der Waals surface area (Å²) in [4.78, 5) is 0. The Morgan fingerprint density at radius 3 is 2.47 bits per heavy atom. The highest BCUT2D eigenvalue weighted by atomic mass is 35.5. The molecule has 2 nitrogen and oxygen atoms in total. The normalized spacial score (nSPS) is 11.9. The molecule has 0 radical (unpaired) electrons. The third-order valence-corrected chi connectivity index (χ3v) is 3.27. The number of rotatable bonds is 2. The molecule has 0 saturated carbocycles. The molecule has 1 heterocycles. The van der Waals surface area contributed by atoms with Crippen molar-refractivity contribution in [2.24, 2.45) is 0 Å². The van der Waals surface area contributed by atoms with Crippen molar-refractivity contribution in [3.05, 3.63) is 40.8 Å². The van der Waals surface area contributed by atoms with E-state index in [1.165, 1.54) is 18.0 Å². The highest BCUT2D eigenvalue weighted by molar-refractivity contribution is 7.98. The zero-order chi connectivity index (χ0) is 14.2. The van der Waals surface area contributed by atoms with Crippen LogP contribution in [-0.2, 0) is 6.18 Å². The van der Waals surface area contributed by atoms with Crippen LogP contribution in [-0.4, -0.2) is 16.0 Å². The maximum Gasteiger partial charge on any atom is 0.416 e. The predicted molar refractivity (Wildman–Crippen MR) is 65.3 cm³/mol. The summed E-state index contributed by atoms with van der Waals surface area (Å²) < 4.78 is 52.4. The van der Waals surface area contributed by atoms with E-state index in [0.29, 0.717) is 17.2 Å². The van der Waals surface area contributed by atoms with Gasteiger partial charge in [0.15, 0.2) is 5.82 Å². The lowest BCUT2D eigenvalue weighted by Crippen LogP contribution is -2.08. The third kappa shape index (κ3) is 2.87. The molecule has 0 atom stereocenters. The second-order valence-corrected chi connectivity index (χ2v) is 4.82. The molecule has 2 rings (SSSR count). The quantitative estimate of drug-likeness (QED) is 0.604. The fraction of sp³-hybridized carbons (Fsp3) is 0.182. The summed E-state index contributed by atoms with van der Waals surface area (Å²) in [5.41, 5.74) is -1.33. The van der Waals surface area contributed by atoms with Gasteiger partial charge in [-0.25, -0.2) is 9.07 Å². The van der Waals surface area contributed by atoms with E-state index in [1.54, 1.807) is 12.3 Å². The molecule has 0 aliphatic rings. The van der Waals surface area contributed by atoms with Crippen LogP contribution in [0.25, 0.3) is 5.69 Å². The first-order chi connectivity index (χ1) is 8.82. The summed E-state index contributed by atoms with van der Waals surface area (Å²) in [7, 11) is 0. The van der Waals surface area contributed by atoms with E-state index in [0.717, 1.165) is 4.68 Å². The minimum atomic E-state index is -4.64. The Morgan fingerprint density at radius 1 is 1.32 bits per heavy atom. The fourth-order valence-corrected chi connectivity index (χ4v) is 2.15. The van der Waals surface area contributed by atoms with Crippen LogP contribution in [0, 0.1) is 5.82 Å². The molecular formula is C11H7ClF4N2S. The molecule has 102 valence electrons. The first-order valence-corrected chi connectivity index (χ1v) is 6.59. The van der Waals surface area contributed by atoms with Crippen LogP contribution < -0.4 is 0 Å². The summed E-state index contributed by atoms with van der Waals surface area (Å²) in [6.45, 7) is 0. The number of halogens is 5. The van der Waals surface area contributed by atoms with Gasteiger partial charge in [-0.2, -0.15) is 18.3 Å². The summed E-state index contributed by atoms with van der Waals surface area (Å²) in [6, 6.07) is 2.69. The number of hydrogen-bond acceptors (Lipinski definition) is 2. The van der Waals surface area contributed by atoms with Gasteiger partial charge in [0.2, 0.25) is 0 Å². The van der Waals surface area contributed by atoms with Crippen LogP contribution in [0.2, 0.25) is 5.02 Å². The summed E-state index contributed by atoms with van der Waals surface area (Å²) >= 11 is 7.05. The van der Waals surface area contributed by atoms with E-state index >= 15 is 0 Å². The lowest BCUT2D eigenvalue weighted by Gasteiger charge is -2.11. The fourth-order valence-electron chi connectivity index (χ4n) is 1.49. The van der Waals surface area contributed by atoms with Gasteiger partial charge in [-0.3, -0.25) is 0 Å². The predicted octanol–water partition coefficient (Wildman–Crippen LogP) is 4.41. The maximum absolute atomic E-state index is 13.8. The van der Waals surface area contributed by atoms with Crippen LogP contribution in [0.5, 0.6) is 0 Å². The van der Waals surface area contributed by atoms with E-state index in [4.69, 9.17) is 11.6 Å². The van der Waals surface area contributed by atoms with Crippen LogP contribution in [0.4, 0.5) is 17.6 Å². The third-order valence-electron chi connectivity index (χ3n) is 2.35. The van der Waals surface area contributed by atoms with Crippen LogP contribution >= 0.6 is 23.4 Å². The van der Waals surface area contributed by atoms with Gasteiger partial charge in [-0.1, -0.05) is 11.6 Å². The van der Waals surface area contributed by atoms with Crippen molar-refractivity contribution in [3.8, 4) is 5.69 Å². The lowest BCUT2D eigenvalue weighted by molar-refractivity contribution is -0.137. The molecule has 2 aromatic rings. The average molecular weight is 311 g/mol. The Morgan fingerprint density at radius 2 is 2.00 bits per heavy atom. The maximum atomic E-state index is 13.8. The molecule has 0 unspecified atom stereocenters. The van der Waals surface area contributed by atoms with Crippen LogP contribution in [0.3, 0.4) is 0 Å². The van der Waals surface area contributed by atoms with Gasteiger partial charge in [0.05, 0.1) is 10.6 Å². The van der Waals surface area contributed by atoms with Crippen LogP contribution in [0.15, 0.2) is 29.4 Å². The average Bonchev–Trinajstić information content (AvgIpc) is 2.75. The Labute approximate surface area is 115 Å². The molecule has 1 aromatic heterocycles. The smallest absolute Gasteiger partial charge is 0.235 e. The van der Waals surface area contributed by atoms with E-state index in [1.807, 2.05) is 0 Å². The highest BCUT2D eigenvalue weighted by Crippen LogP contribution is 2.34. The van der Waals surface area contributed by atoms with Crippen molar-refractivity contribution >= 4 is 23.4 Å². The minimum Gasteiger partial charge on any atom is -0.235 e. The zero-order valence-corrected chi connectivity index (χ0v) is 11.1. The monoisotopic (exact) mass is 310 g/mol. The van der Waals surface area contributed by atoms with Gasteiger partial charge in [0.1, 0.15) is 10.7 Å². The van der Waals surface area contributed by atoms with Crippen molar-refractivity contribution < 1.29 is 17.6 Å².